The molecule has 2 rings (SSSR count). The van der Waals surface area contributed by atoms with Crippen molar-refractivity contribution in [3.63, 3.8) is 0 Å². The van der Waals surface area contributed by atoms with Crippen LogP contribution in [0.5, 0.6) is 0 Å². The summed E-state index contributed by atoms with van der Waals surface area (Å²) >= 11 is 3.47. The average Bonchev–Trinajstić information content (AvgIpc) is 2.66. The highest BCUT2D eigenvalue weighted by atomic mass is 79.9. The first-order valence-electron chi connectivity index (χ1n) is 4.21. The minimum atomic E-state index is 0.358. The predicted molar refractivity (Wildman–Crippen MR) is 57.5 cm³/mol. The molecule has 0 saturated heterocycles. The van der Waals surface area contributed by atoms with Crippen molar-refractivity contribution in [2.75, 3.05) is 0 Å². The summed E-state index contributed by atoms with van der Waals surface area (Å²) in [6.45, 7) is 0.358. The number of hydrogen-bond donors (Lipinski definition) is 1. The number of benzene rings is 1. The Kier molecular flexibility index (Phi) is 2.65. The Morgan fingerprint density at radius 2 is 2.07 bits per heavy atom. The first-order chi connectivity index (χ1) is 6.83. The number of hydrogen-bond acceptors (Lipinski definition) is 3. The summed E-state index contributed by atoms with van der Waals surface area (Å²) in [5, 5.41) is 3.73. The van der Waals surface area contributed by atoms with Gasteiger partial charge in [0.15, 0.2) is 5.76 Å². The molecule has 0 saturated carbocycles. The number of halogens is 1. The normalized spacial score (nSPS) is 10.4. The van der Waals surface area contributed by atoms with E-state index < -0.39 is 0 Å². The molecular weight excluding hydrogens is 244 g/mol. The molecule has 0 amide bonds. The monoisotopic (exact) mass is 252 g/mol. The van der Waals surface area contributed by atoms with Gasteiger partial charge in [-0.1, -0.05) is 39.3 Å². The molecule has 4 heteroatoms. The highest BCUT2D eigenvalue weighted by molar-refractivity contribution is 9.10. The van der Waals surface area contributed by atoms with Gasteiger partial charge in [0.1, 0.15) is 0 Å². The highest BCUT2D eigenvalue weighted by Crippen LogP contribution is 2.30. The zero-order valence-electron chi connectivity index (χ0n) is 7.40. The van der Waals surface area contributed by atoms with Crippen molar-refractivity contribution in [2.45, 2.75) is 6.54 Å². The Morgan fingerprint density at radius 1 is 1.29 bits per heavy atom. The van der Waals surface area contributed by atoms with E-state index in [9.17, 15) is 0 Å². The lowest BCUT2D eigenvalue weighted by atomic mass is 10.1. The fourth-order valence-electron chi connectivity index (χ4n) is 1.31. The quantitative estimate of drug-likeness (QED) is 0.894. The van der Waals surface area contributed by atoms with Gasteiger partial charge in [-0.3, -0.25) is 0 Å². The molecule has 0 aliphatic carbocycles. The van der Waals surface area contributed by atoms with Crippen LogP contribution < -0.4 is 5.73 Å². The highest BCUT2D eigenvalue weighted by Gasteiger charge is 2.10. The molecule has 0 aliphatic rings. The molecule has 0 radical (unpaired) electrons. The van der Waals surface area contributed by atoms with Crippen molar-refractivity contribution >= 4 is 15.9 Å². The van der Waals surface area contributed by atoms with E-state index in [1.54, 1.807) is 6.20 Å². The second-order valence-corrected chi connectivity index (χ2v) is 3.70. The zero-order valence-corrected chi connectivity index (χ0v) is 8.99. The summed E-state index contributed by atoms with van der Waals surface area (Å²) in [5.74, 6) is 0.705. The fourth-order valence-corrected chi connectivity index (χ4v) is 1.81. The third-order valence-electron chi connectivity index (χ3n) is 1.99. The molecule has 2 aromatic rings. The van der Waals surface area contributed by atoms with Crippen LogP contribution in [0.1, 0.15) is 5.76 Å². The van der Waals surface area contributed by atoms with Gasteiger partial charge < -0.3 is 10.3 Å². The van der Waals surface area contributed by atoms with Crippen LogP contribution in [-0.4, -0.2) is 5.16 Å². The average molecular weight is 253 g/mol. The van der Waals surface area contributed by atoms with Crippen LogP contribution in [0.15, 0.2) is 39.5 Å². The van der Waals surface area contributed by atoms with Crippen LogP contribution in [0.25, 0.3) is 11.1 Å². The van der Waals surface area contributed by atoms with Gasteiger partial charge in [-0.05, 0) is 6.07 Å². The third kappa shape index (κ3) is 1.58. The summed E-state index contributed by atoms with van der Waals surface area (Å²) < 4.78 is 6.04. The standard InChI is InChI=1S/C10H9BrN2O/c11-9-4-2-1-3-7(9)8-6-13-14-10(8)5-12/h1-4,6H,5,12H2. The van der Waals surface area contributed by atoms with Crippen molar-refractivity contribution in [3.8, 4) is 11.1 Å². The first kappa shape index (κ1) is 9.43. The summed E-state index contributed by atoms with van der Waals surface area (Å²) in [4.78, 5) is 0. The molecule has 0 aliphatic heterocycles. The maximum absolute atomic E-state index is 5.53. The van der Waals surface area contributed by atoms with Gasteiger partial charge in [-0.15, -0.1) is 0 Å². The number of nitrogens with zero attached hydrogens (tertiary/aromatic N) is 1. The second-order valence-electron chi connectivity index (χ2n) is 2.85. The molecular formula is C10H9BrN2O. The Bertz CT molecular complexity index is 439. The van der Waals surface area contributed by atoms with E-state index in [2.05, 4.69) is 21.1 Å². The maximum atomic E-state index is 5.53. The second kappa shape index (κ2) is 3.94. The van der Waals surface area contributed by atoms with E-state index in [-0.39, 0.29) is 0 Å². The van der Waals surface area contributed by atoms with E-state index >= 15 is 0 Å². The van der Waals surface area contributed by atoms with Crippen molar-refractivity contribution in [2.24, 2.45) is 5.73 Å². The van der Waals surface area contributed by atoms with Gasteiger partial charge in [0.05, 0.1) is 12.7 Å². The third-order valence-corrected chi connectivity index (χ3v) is 2.69. The van der Waals surface area contributed by atoms with Crippen LogP contribution in [0.2, 0.25) is 0 Å². The van der Waals surface area contributed by atoms with Gasteiger partial charge >= 0.3 is 0 Å². The Balaban J connectivity index is 2.54. The summed E-state index contributed by atoms with van der Waals surface area (Å²) in [7, 11) is 0. The SMILES string of the molecule is NCc1oncc1-c1ccccc1Br. The lowest BCUT2D eigenvalue weighted by Gasteiger charge is -2.01. The zero-order chi connectivity index (χ0) is 9.97. The Morgan fingerprint density at radius 3 is 2.79 bits per heavy atom. The van der Waals surface area contributed by atoms with Crippen molar-refractivity contribution in [1.82, 2.24) is 5.16 Å². The molecule has 14 heavy (non-hydrogen) atoms. The van der Waals surface area contributed by atoms with Gasteiger partial charge in [0.2, 0.25) is 0 Å². The van der Waals surface area contributed by atoms with Crippen LogP contribution in [0.3, 0.4) is 0 Å². The molecule has 1 heterocycles. The van der Waals surface area contributed by atoms with Gasteiger partial charge in [-0.25, -0.2) is 0 Å². The molecule has 0 bridgehead atoms. The minimum Gasteiger partial charge on any atom is -0.359 e. The van der Waals surface area contributed by atoms with E-state index in [4.69, 9.17) is 10.3 Å². The minimum absolute atomic E-state index is 0.358. The van der Waals surface area contributed by atoms with Gasteiger partial charge in [0, 0.05) is 15.6 Å². The number of rotatable bonds is 2. The van der Waals surface area contributed by atoms with E-state index in [1.165, 1.54) is 0 Å². The topological polar surface area (TPSA) is 52.0 Å². The lowest BCUT2D eigenvalue weighted by Crippen LogP contribution is -1.96. The molecule has 1 aromatic heterocycles. The van der Waals surface area contributed by atoms with Crippen molar-refractivity contribution in [1.29, 1.82) is 0 Å². The van der Waals surface area contributed by atoms with Crippen LogP contribution in [0.4, 0.5) is 0 Å². The molecule has 72 valence electrons. The molecule has 0 unspecified atom stereocenters. The first-order valence-corrected chi connectivity index (χ1v) is 5.00. The Labute approximate surface area is 90.0 Å². The maximum Gasteiger partial charge on any atom is 0.158 e. The van der Waals surface area contributed by atoms with Crippen LogP contribution in [-0.2, 0) is 6.54 Å². The largest absolute Gasteiger partial charge is 0.359 e. The predicted octanol–water partition coefficient (Wildman–Crippen LogP) is 2.56. The van der Waals surface area contributed by atoms with E-state index in [0.717, 1.165) is 15.6 Å². The molecule has 0 atom stereocenters. The number of nitrogens with two attached hydrogens (primary N) is 1. The van der Waals surface area contributed by atoms with Crippen molar-refractivity contribution < 1.29 is 4.52 Å². The van der Waals surface area contributed by atoms with Gasteiger partial charge in [-0.2, -0.15) is 0 Å². The summed E-state index contributed by atoms with van der Waals surface area (Å²) in [6.07, 6.45) is 1.68. The summed E-state index contributed by atoms with van der Waals surface area (Å²) in [6, 6.07) is 7.90. The number of aromatic nitrogens is 1. The smallest absolute Gasteiger partial charge is 0.158 e. The molecule has 0 fully saturated rings. The van der Waals surface area contributed by atoms with E-state index in [1.807, 2.05) is 24.3 Å². The van der Waals surface area contributed by atoms with E-state index in [0.29, 0.717) is 12.3 Å². The lowest BCUT2D eigenvalue weighted by molar-refractivity contribution is 0.385. The molecule has 0 spiro atoms. The molecule has 2 N–H and O–H groups in total. The molecule has 1 aromatic carbocycles. The van der Waals surface area contributed by atoms with Crippen LogP contribution >= 0.6 is 15.9 Å². The van der Waals surface area contributed by atoms with Crippen LogP contribution in [0, 0.1) is 0 Å². The molecule has 3 nitrogen and oxygen atoms in total. The summed E-state index contributed by atoms with van der Waals surface area (Å²) in [5.41, 5.74) is 7.53. The van der Waals surface area contributed by atoms with Gasteiger partial charge in [0.25, 0.3) is 0 Å². The Hall–Kier alpha value is -1.13. The van der Waals surface area contributed by atoms with Crippen molar-refractivity contribution in [3.05, 3.63) is 40.7 Å². The fraction of sp³-hybridized carbons (Fsp3) is 0.100.